The average molecular weight is 157 g/mol. The van der Waals surface area contributed by atoms with Crippen molar-refractivity contribution < 1.29 is 4.92 Å². The molecule has 0 radical (unpaired) electrons. The molecule has 0 aliphatic rings. The Morgan fingerprint density at radius 2 is 2.20 bits per heavy atom. The predicted octanol–water partition coefficient (Wildman–Crippen LogP) is 2.27. The molecule has 0 aliphatic carbocycles. The number of nitro groups is 1. The fraction of sp³-hybridized carbons (Fsp3) is 0.333. The zero-order chi connectivity index (χ0) is 7.72. The van der Waals surface area contributed by atoms with Crippen LogP contribution in [0, 0.1) is 24.0 Å². The first-order valence-corrected chi connectivity index (χ1v) is 3.64. The third-order valence-electron chi connectivity index (χ3n) is 1.18. The summed E-state index contributed by atoms with van der Waals surface area (Å²) in [4.78, 5) is 10.9. The Morgan fingerprint density at radius 3 is 2.40 bits per heavy atom. The average Bonchev–Trinajstić information content (AvgIpc) is 2.10. The van der Waals surface area contributed by atoms with E-state index in [1.807, 2.05) is 13.0 Å². The third kappa shape index (κ3) is 1.16. The van der Waals surface area contributed by atoms with Gasteiger partial charge in [0.05, 0.1) is 4.92 Å². The number of aryl methyl sites for hydroxylation is 2. The Labute approximate surface area is 62.5 Å². The van der Waals surface area contributed by atoms with Gasteiger partial charge in [0.25, 0.3) is 0 Å². The molecule has 1 aromatic heterocycles. The molecule has 0 N–H and O–H groups in total. The highest BCUT2D eigenvalue weighted by molar-refractivity contribution is 7.15. The molecule has 0 aromatic carbocycles. The SMILES string of the molecule is Cc1cc(C)c([N+](=O)[O-])s1. The molecule has 0 spiro atoms. The lowest BCUT2D eigenvalue weighted by Crippen LogP contribution is -1.84. The van der Waals surface area contributed by atoms with Crippen molar-refractivity contribution in [3.63, 3.8) is 0 Å². The van der Waals surface area contributed by atoms with Crippen molar-refractivity contribution in [3.05, 3.63) is 26.6 Å². The van der Waals surface area contributed by atoms with Crippen LogP contribution in [0.15, 0.2) is 6.07 Å². The van der Waals surface area contributed by atoms with Crippen LogP contribution < -0.4 is 0 Å². The highest BCUT2D eigenvalue weighted by atomic mass is 32.1. The van der Waals surface area contributed by atoms with Gasteiger partial charge in [0.15, 0.2) is 0 Å². The summed E-state index contributed by atoms with van der Waals surface area (Å²) in [6.07, 6.45) is 0. The van der Waals surface area contributed by atoms with E-state index in [2.05, 4.69) is 0 Å². The predicted molar refractivity (Wildman–Crippen MR) is 40.4 cm³/mol. The number of nitrogens with zero attached hydrogens (tertiary/aromatic N) is 1. The molecule has 0 fully saturated rings. The summed E-state index contributed by atoms with van der Waals surface area (Å²) in [5.41, 5.74) is 0.757. The van der Waals surface area contributed by atoms with Gasteiger partial charge in [-0.2, -0.15) is 0 Å². The smallest absolute Gasteiger partial charge is 0.258 e. The standard InChI is InChI=1S/C6H7NO2S/c1-4-3-5(2)10-6(4)7(8)9/h3H,1-2H3. The molecule has 0 aliphatic heterocycles. The molecule has 0 saturated heterocycles. The molecule has 0 atom stereocenters. The lowest BCUT2D eigenvalue weighted by molar-refractivity contribution is -0.380. The number of thiophene rings is 1. The second kappa shape index (κ2) is 2.38. The minimum Gasteiger partial charge on any atom is -0.258 e. The summed E-state index contributed by atoms with van der Waals surface area (Å²) in [7, 11) is 0. The Balaban J connectivity index is 3.15. The van der Waals surface area contributed by atoms with Gasteiger partial charge in [-0.1, -0.05) is 11.3 Å². The minimum atomic E-state index is -0.340. The number of hydrogen-bond donors (Lipinski definition) is 0. The highest BCUT2D eigenvalue weighted by Gasteiger charge is 2.12. The highest BCUT2D eigenvalue weighted by Crippen LogP contribution is 2.28. The van der Waals surface area contributed by atoms with Crippen molar-refractivity contribution in [1.82, 2.24) is 0 Å². The van der Waals surface area contributed by atoms with Crippen molar-refractivity contribution in [3.8, 4) is 0 Å². The zero-order valence-electron chi connectivity index (χ0n) is 5.75. The first-order valence-electron chi connectivity index (χ1n) is 2.82. The molecule has 4 heteroatoms. The molecule has 3 nitrogen and oxygen atoms in total. The monoisotopic (exact) mass is 157 g/mol. The lowest BCUT2D eigenvalue weighted by Gasteiger charge is -1.83. The first-order chi connectivity index (χ1) is 4.61. The maximum absolute atomic E-state index is 10.3. The van der Waals surface area contributed by atoms with Gasteiger partial charge in [-0.05, 0) is 19.9 Å². The zero-order valence-corrected chi connectivity index (χ0v) is 6.57. The van der Waals surface area contributed by atoms with Crippen LogP contribution in [0.3, 0.4) is 0 Å². The van der Waals surface area contributed by atoms with Gasteiger partial charge >= 0.3 is 5.00 Å². The molecule has 1 aromatic rings. The van der Waals surface area contributed by atoms with Crippen LogP contribution in [0.1, 0.15) is 10.4 Å². The topological polar surface area (TPSA) is 43.1 Å². The van der Waals surface area contributed by atoms with E-state index in [1.165, 1.54) is 11.3 Å². The van der Waals surface area contributed by atoms with Crippen LogP contribution in [-0.4, -0.2) is 4.92 Å². The molecule has 10 heavy (non-hydrogen) atoms. The number of hydrogen-bond acceptors (Lipinski definition) is 3. The molecule has 0 saturated carbocycles. The summed E-state index contributed by atoms with van der Waals surface area (Å²) in [5, 5.41) is 10.5. The van der Waals surface area contributed by atoms with Crippen molar-refractivity contribution in [1.29, 1.82) is 0 Å². The van der Waals surface area contributed by atoms with Gasteiger partial charge < -0.3 is 0 Å². The van der Waals surface area contributed by atoms with Gasteiger partial charge in [0, 0.05) is 10.4 Å². The third-order valence-corrected chi connectivity index (χ3v) is 2.28. The minimum absolute atomic E-state index is 0.262. The Kier molecular flexibility index (Phi) is 1.72. The van der Waals surface area contributed by atoms with Gasteiger partial charge in [-0.3, -0.25) is 10.1 Å². The normalized spacial score (nSPS) is 9.80. The van der Waals surface area contributed by atoms with E-state index in [4.69, 9.17) is 0 Å². The van der Waals surface area contributed by atoms with E-state index in [9.17, 15) is 10.1 Å². The van der Waals surface area contributed by atoms with Crippen LogP contribution in [-0.2, 0) is 0 Å². The van der Waals surface area contributed by atoms with Gasteiger partial charge in [-0.25, -0.2) is 0 Å². The van der Waals surface area contributed by atoms with Crippen LogP contribution in [0.2, 0.25) is 0 Å². The molecule has 54 valence electrons. The van der Waals surface area contributed by atoms with E-state index in [1.54, 1.807) is 6.92 Å². The molecule has 1 heterocycles. The summed E-state index contributed by atoms with van der Waals surface area (Å²) in [6.45, 7) is 3.62. The fourth-order valence-corrected chi connectivity index (χ4v) is 1.65. The second-order valence-corrected chi connectivity index (χ2v) is 3.34. The van der Waals surface area contributed by atoms with Crippen molar-refractivity contribution in [2.24, 2.45) is 0 Å². The number of rotatable bonds is 1. The van der Waals surface area contributed by atoms with Crippen molar-refractivity contribution in [2.75, 3.05) is 0 Å². The van der Waals surface area contributed by atoms with Crippen LogP contribution in [0.4, 0.5) is 5.00 Å². The second-order valence-electron chi connectivity index (χ2n) is 2.10. The van der Waals surface area contributed by atoms with Crippen LogP contribution in [0.5, 0.6) is 0 Å². The van der Waals surface area contributed by atoms with E-state index in [-0.39, 0.29) is 9.92 Å². The Morgan fingerprint density at radius 1 is 1.60 bits per heavy atom. The summed E-state index contributed by atoms with van der Waals surface area (Å²) in [6, 6.07) is 1.82. The van der Waals surface area contributed by atoms with Crippen LogP contribution in [0.25, 0.3) is 0 Å². The summed E-state index contributed by atoms with van der Waals surface area (Å²) >= 11 is 1.22. The maximum Gasteiger partial charge on any atom is 0.327 e. The van der Waals surface area contributed by atoms with Crippen LogP contribution >= 0.6 is 11.3 Å². The van der Waals surface area contributed by atoms with Gasteiger partial charge in [0.1, 0.15) is 0 Å². The Hall–Kier alpha value is -0.900. The maximum atomic E-state index is 10.3. The quantitative estimate of drug-likeness (QED) is 0.463. The van der Waals surface area contributed by atoms with Crippen molar-refractivity contribution >= 4 is 16.3 Å². The molecule has 1 rings (SSSR count). The molecule has 0 unspecified atom stereocenters. The lowest BCUT2D eigenvalue weighted by atomic mass is 10.3. The van der Waals surface area contributed by atoms with Crippen molar-refractivity contribution in [2.45, 2.75) is 13.8 Å². The molecule has 0 bridgehead atoms. The fourth-order valence-electron chi connectivity index (χ4n) is 0.810. The summed E-state index contributed by atoms with van der Waals surface area (Å²) < 4.78 is 0. The largest absolute Gasteiger partial charge is 0.327 e. The Bertz CT molecular complexity index is 267. The van der Waals surface area contributed by atoms with E-state index in [0.29, 0.717) is 0 Å². The van der Waals surface area contributed by atoms with Gasteiger partial charge in [0.2, 0.25) is 0 Å². The first kappa shape index (κ1) is 7.21. The molecular weight excluding hydrogens is 150 g/mol. The van der Waals surface area contributed by atoms with E-state index >= 15 is 0 Å². The molecule has 0 amide bonds. The van der Waals surface area contributed by atoms with E-state index in [0.717, 1.165) is 10.4 Å². The van der Waals surface area contributed by atoms with E-state index < -0.39 is 0 Å². The summed E-state index contributed by atoms with van der Waals surface area (Å²) in [5.74, 6) is 0. The molecular formula is C6H7NO2S. The van der Waals surface area contributed by atoms with Gasteiger partial charge in [-0.15, -0.1) is 0 Å².